The van der Waals surface area contributed by atoms with E-state index in [1.54, 1.807) is 12.1 Å². The summed E-state index contributed by atoms with van der Waals surface area (Å²) in [4.78, 5) is 10.8. The maximum absolute atomic E-state index is 10.8. The van der Waals surface area contributed by atoms with Crippen molar-refractivity contribution in [3.05, 3.63) is 28.2 Å². The Balaban J connectivity index is 2.33. The molecule has 0 spiro atoms. The minimum absolute atomic E-state index is 0.253. The number of unbranched alkanes of at least 4 members (excludes halogenated alkanes) is 3. The number of aliphatic hydroxyl groups is 1. The van der Waals surface area contributed by atoms with E-state index in [1.807, 2.05) is 6.07 Å². The van der Waals surface area contributed by atoms with E-state index in [1.165, 1.54) is 0 Å². The Hall–Kier alpha value is -0.870. The molecule has 0 saturated heterocycles. The highest BCUT2D eigenvalue weighted by molar-refractivity contribution is 9.10. The fourth-order valence-corrected chi connectivity index (χ4v) is 1.87. The first kappa shape index (κ1) is 14.2. The summed E-state index contributed by atoms with van der Waals surface area (Å²) in [5.74, 6) is 0.630. The molecule has 1 aromatic rings. The van der Waals surface area contributed by atoms with Crippen molar-refractivity contribution in [1.29, 1.82) is 0 Å². The van der Waals surface area contributed by atoms with Gasteiger partial charge in [0.25, 0.3) is 0 Å². The number of ether oxygens (including phenoxy) is 1. The molecule has 0 aliphatic heterocycles. The first-order valence-corrected chi connectivity index (χ1v) is 6.55. The van der Waals surface area contributed by atoms with E-state index in [2.05, 4.69) is 15.9 Å². The van der Waals surface area contributed by atoms with Crippen molar-refractivity contribution in [3.63, 3.8) is 0 Å². The summed E-state index contributed by atoms with van der Waals surface area (Å²) in [5.41, 5.74) is 0.565. The van der Waals surface area contributed by atoms with Crippen LogP contribution in [0, 0.1) is 0 Å². The Morgan fingerprint density at radius 3 is 2.71 bits per heavy atom. The summed E-state index contributed by atoms with van der Waals surface area (Å²) in [7, 11) is 0. The van der Waals surface area contributed by atoms with Crippen LogP contribution in [0.1, 0.15) is 36.0 Å². The van der Waals surface area contributed by atoms with Crippen LogP contribution in [0.3, 0.4) is 0 Å². The van der Waals surface area contributed by atoms with Crippen molar-refractivity contribution in [2.75, 3.05) is 13.2 Å². The Morgan fingerprint density at radius 2 is 2.00 bits per heavy atom. The van der Waals surface area contributed by atoms with Crippen LogP contribution in [0.25, 0.3) is 0 Å². The van der Waals surface area contributed by atoms with Gasteiger partial charge in [-0.3, -0.25) is 4.79 Å². The quantitative estimate of drug-likeness (QED) is 0.592. The lowest BCUT2D eigenvalue weighted by molar-refractivity contribution is 0.111. The van der Waals surface area contributed by atoms with Gasteiger partial charge < -0.3 is 9.84 Å². The van der Waals surface area contributed by atoms with Gasteiger partial charge in [0.1, 0.15) is 5.75 Å². The number of hydrogen-bond donors (Lipinski definition) is 1. The molecular formula is C13H17BrO3. The SMILES string of the molecule is O=Cc1cc(Br)ccc1OCCCCCCO. The Morgan fingerprint density at radius 1 is 1.24 bits per heavy atom. The van der Waals surface area contributed by atoms with Gasteiger partial charge in [0.15, 0.2) is 6.29 Å². The highest BCUT2D eigenvalue weighted by Crippen LogP contribution is 2.21. The molecule has 0 saturated carbocycles. The molecule has 17 heavy (non-hydrogen) atoms. The average Bonchev–Trinajstić information content (AvgIpc) is 2.35. The molecule has 0 unspecified atom stereocenters. The number of benzene rings is 1. The zero-order valence-electron chi connectivity index (χ0n) is 9.69. The highest BCUT2D eigenvalue weighted by atomic mass is 79.9. The lowest BCUT2D eigenvalue weighted by Gasteiger charge is -2.08. The summed E-state index contributed by atoms with van der Waals surface area (Å²) >= 11 is 3.31. The molecule has 0 fully saturated rings. The van der Waals surface area contributed by atoms with Gasteiger partial charge in [-0.1, -0.05) is 22.4 Å². The molecule has 1 rings (SSSR count). The second-order valence-electron chi connectivity index (χ2n) is 3.79. The van der Waals surface area contributed by atoms with Gasteiger partial charge in [0.2, 0.25) is 0 Å². The predicted molar refractivity (Wildman–Crippen MR) is 70.6 cm³/mol. The minimum Gasteiger partial charge on any atom is -0.493 e. The lowest BCUT2D eigenvalue weighted by atomic mass is 10.2. The predicted octanol–water partition coefficient (Wildman–Crippen LogP) is 3.19. The Bertz CT molecular complexity index is 353. The summed E-state index contributed by atoms with van der Waals surface area (Å²) in [5, 5.41) is 8.62. The molecule has 0 bridgehead atoms. The van der Waals surface area contributed by atoms with E-state index in [-0.39, 0.29) is 6.61 Å². The van der Waals surface area contributed by atoms with Gasteiger partial charge in [0.05, 0.1) is 12.2 Å². The van der Waals surface area contributed by atoms with E-state index in [9.17, 15) is 4.79 Å². The molecule has 0 radical (unpaired) electrons. The summed E-state index contributed by atoms with van der Waals surface area (Å²) in [6.07, 6.45) is 4.63. The van der Waals surface area contributed by atoms with E-state index in [0.29, 0.717) is 17.9 Å². The fraction of sp³-hybridized carbons (Fsp3) is 0.462. The number of aldehydes is 1. The van der Waals surface area contributed by atoms with Crippen molar-refractivity contribution in [1.82, 2.24) is 0 Å². The van der Waals surface area contributed by atoms with Crippen molar-refractivity contribution in [3.8, 4) is 5.75 Å². The first-order chi connectivity index (χ1) is 8.27. The third kappa shape index (κ3) is 5.33. The summed E-state index contributed by atoms with van der Waals surface area (Å²) in [6, 6.07) is 5.39. The van der Waals surface area contributed by atoms with Crippen LogP contribution in [0.15, 0.2) is 22.7 Å². The molecule has 94 valence electrons. The first-order valence-electron chi connectivity index (χ1n) is 5.76. The van der Waals surface area contributed by atoms with Gasteiger partial charge in [0, 0.05) is 11.1 Å². The summed E-state index contributed by atoms with van der Waals surface area (Å²) in [6.45, 7) is 0.858. The lowest BCUT2D eigenvalue weighted by Crippen LogP contribution is -2.00. The Kier molecular flexibility index (Phi) is 6.89. The van der Waals surface area contributed by atoms with Gasteiger partial charge in [-0.2, -0.15) is 0 Å². The maximum atomic E-state index is 10.8. The second kappa shape index (κ2) is 8.25. The third-order valence-electron chi connectivity index (χ3n) is 2.41. The fourth-order valence-electron chi connectivity index (χ4n) is 1.49. The van der Waals surface area contributed by atoms with Crippen LogP contribution in [-0.2, 0) is 0 Å². The molecule has 0 heterocycles. The Labute approximate surface area is 110 Å². The van der Waals surface area contributed by atoms with Crippen LogP contribution in [0.5, 0.6) is 5.75 Å². The topological polar surface area (TPSA) is 46.5 Å². The number of aliphatic hydroxyl groups excluding tert-OH is 1. The van der Waals surface area contributed by atoms with Gasteiger partial charge in [-0.25, -0.2) is 0 Å². The van der Waals surface area contributed by atoms with E-state index in [4.69, 9.17) is 9.84 Å². The van der Waals surface area contributed by atoms with E-state index in [0.717, 1.165) is 36.4 Å². The zero-order valence-corrected chi connectivity index (χ0v) is 11.3. The van der Waals surface area contributed by atoms with Gasteiger partial charge >= 0.3 is 0 Å². The second-order valence-corrected chi connectivity index (χ2v) is 4.70. The normalized spacial score (nSPS) is 10.2. The molecule has 0 aliphatic rings. The maximum Gasteiger partial charge on any atom is 0.153 e. The standard InChI is InChI=1S/C13H17BrO3/c14-12-5-6-13(11(9-12)10-16)17-8-4-2-1-3-7-15/h5-6,9-10,15H,1-4,7-8H2. The highest BCUT2D eigenvalue weighted by Gasteiger charge is 2.03. The van der Waals surface area contributed by atoms with Crippen molar-refractivity contribution < 1.29 is 14.6 Å². The smallest absolute Gasteiger partial charge is 0.153 e. The van der Waals surface area contributed by atoms with E-state index >= 15 is 0 Å². The van der Waals surface area contributed by atoms with Crippen molar-refractivity contribution >= 4 is 22.2 Å². The molecule has 3 nitrogen and oxygen atoms in total. The minimum atomic E-state index is 0.253. The van der Waals surface area contributed by atoms with Gasteiger partial charge in [-0.05, 0) is 37.5 Å². The molecule has 0 aliphatic carbocycles. The third-order valence-corrected chi connectivity index (χ3v) is 2.90. The van der Waals surface area contributed by atoms with Crippen LogP contribution in [0.2, 0.25) is 0 Å². The summed E-state index contributed by atoms with van der Waals surface area (Å²) < 4.78 is 6.42. The van der Waals surface area contributed by atoms with E-state index < -0.39 is 0 Å². The number of carbonyl (C=O) groups excluding carboxylic acids is 1. The van der Waals surface area contributed by atoms with Crippen LogP contribution in [0.4, 0.5) is 0 Å². The molecule has 0 amide bonds. The van der Waals surface area contributed by atoms with Crippen LogP contribution < -0.4 is 4.74 Å². The van der Waals surface area contributed by atoms with Crippen molar-refractivity contribution in [2.45, 2.75) is 25.7 Å². The number of carbonyl (C=O) groups is 1. The van der Waals surface area contributed by atoms with Crippen molar-refractivity contribution in [2.24, 2.45) is 0 Å². The average molecular weight is 301 g/mol. The molecule has 0 aromatic heterocycles. The molecule has 1 N–H and O–H groups in total. The molecule has 1 aromatic carbocycles. The monoisotopic (exact) mass is 300 g/mol. The van der Waals surface area contributed by atoms with Crippen LogP contribution >= 0.6 is 15.9 Å². The molecule has 0 atom stereocenters. The largest absolute Gasteiger partial charge is 0.493 e. The number of hydrogen-bond acceptors (Lipinski definition) is 3. The number of rotatable bonds is 8. The number of halogens is 1. The van der Waals surface area contributed by atoms with Crippen LogP contribution in [-0.4, -0.2) is 24.6 Å². The molecular weight excluding hydrogens is 284 g/mol. The zero-order chi connectivity index (χ0) is 12.5. The van der Waals surface area contributed by atoms with Gasteiger partial charge in [-0.15, -0.1) is 0 Å². The molecule has 4 heteroatoms.